The second kappa shape index (κ2) is 13.7. The lowest BCUT2D eigenvalue weighted by Crippen LogP contribution is -2.14. The zero-order chi connectivity index (χ0) is 12.1. The molecular formula is C10H22F2O3. The van der Waals surface area contributed by atoms with E-state index in [2.05, 4.69) is 4.74 Å². The lowest BCUT2D eigenvalue weighted by molar-refractivity contribution is -0.144. The van der Waals surface area contributed by atoms with Gasteiger partial charge in [-0.05, 0) is 0 Å². The standard InChI is InChI=1S/C8H16F2O.C2H6O2/c1-3-5-7(9)11-8(10)6-4-2;3-1-2-4/h7-8H,3-6H2,1-2H3;3-4H,1-2H2. The maximum absolute atomic E-state index is 12.5. The van der Waals surface area contributed by atoms with Crippen LogP contribution in [0.3, 0.4) is 0 Å². The Morgan fingerprint density at radius 2 is 1.27 bits per heavy atom. The van der Waals surface area contributed by atoms with E-state index >= 15 is 0 Å². The van der Waals surface area contributed by atoms with Crippen molar-refractivity contribution >= 4 is 0 Å². The summed E-state index contributed by atoms with van der Waals surface area (Å²) in [5, 5.41) is 15.2. The summed E-state index contributed by atoms with van der Waals surface area (Å²) in [6, 6.07) is 0. The molecule has 0 spiro atoms. The molecule has 0 rings (SSSR count). The van der Waals surface area contributed by atoms with Gasteiger partial charge in [-0.1, -0.05) is 26.7 Å². The largest absolute Gasteiger partial charge is 0.394 e. The summed E-state index contributed by atoms with van der Waals surface area (Å²) >= 11 is 0. The summed E-state index contributed by atoms with van der Waals surface area (Å²) in [7, 11) is 0. The monoisotopic (exact) mass is 228 g/mol. The van der Waals surface area contributed by atoms with Gasteiger partial charge in [0.05, 0.1) is 13.2 Å². The molecule has 94 valence electrons. The van der Waals surface area contributed by atoms with Gasteiger partial charge in [-0.2, -0.15) is 0 Å². The van der Waals surface area contributed by atoms with Crippen LogP contribution in [0.25, 0.3) is 0 Å². The van der Waals surface area contributed by atoms with E-state index in [-0.39, 0.29) is 26.1 Å². The molecule has 5 heteroatoms. The van der Waals surface area contributed by atoms with Crippen LogP contribution in [0.15, 0.2) is 0 Å². The summed E-state index contributed by atoms with van der Waals surface area (Å²) in [6.07, 6.45) is -0.933. The molecule has 2 unspecified atom stereocenters. The number of hydrogen-bond acceptors (Lipinski definition) is 3. The van der Waals surface area contributed by atoms with E-state index in [1.165, 1.54) is 0 Å². The summed E-state index contributed by atoms with van der Waals surface area (Å²) in [4.78, 5) is 0. The highest BCUT2D eigenvalue weighted by atomic mass is 19.2. The molecule has 0 aliphatic rings. The highest BCUT2D eigenvalue weighted by molar-refractivity contribution is 4.45. The van der Waals surface area contributed by atoms with Crippen LogP contribution in [-0.4, -0.2) is 36.1 Å². The van der Waals surface area contributed by atoms with Crippen LogP contribution in [0.2, 0.25) is 0 Å². The number of aliphatic hydroxyl groups excluding tert-OH is 2. The topological polar surface area (TPSA) is 49.7 Å². The Morgan fingerprint density at radius 1 is 0.933 bits per heavy atom. The quantitative estimate of drug-likeness (QED) is 0.702. The van der Waals surface area contributed by atoms with Gasteiger partial charge in [-0.3, -0.25) is 0 Å². The van der Waals surface area contributed by atoms with E-state index in [4.69, 9.17) is 10.2 Å². The first-order valence-electron chi connectivity index (χ1n) is 5.27. The summed E-state index contributed by atoms with van der Waals surface area (Å²) in [5.41, 5.74) is 0. The van der Waals surface area contributed by atoms with Crippen molar-refractivity contribution in [2.75, 3.05) is 13.2 Å². The summed E-state index contributed by atoms with van der Waals surface area (Å²) in [6.45, 7) is 3.42. The minimum absolute atomic E-state index is 0.125. The lowest BCUT2D eigenvalue weighted by Gasteiger charge is -2.11. The first-order chi connectivity index (χ1) is 7.12. The second-order valence-electron chi connectivity index (χ2n) is 2.98. The molecule has 0 aromatic rings. The molecule has 2 N–H and O–H groups in total. The molecule has 0 aromatic heterocycles. The third-order valence-electron chi connectivity index (χ3n) is 1.43. The van der Waals surface area contributed by atoms with Gasteiger partial charge in [0.1, 0.15) is 0 Å². The summed E-state index contributed by atoms with van der Waals surface area (Å²) in [5.74, 6) is 0. The molecule has 0 amide bonds. The van der Waals surface area contributed by atoms with Crippen LogP contribution in [0.1, 0.15) is 39.5 Å². The Kier molecular flexibility index (Phi) is 15.7. The van der Waals surface area contributed by atoms with Gasteiger partial charge >= 0.3 is 0 Å². The second-order valence-corrected chi connectivity index (χ2v) is 2.98. The first-order valence-corrected chi connectivity index (χ1v) is 5.27. The summed E-state index contributed by atoms with van der Waals surface area (Å²) < 4.78 is 29.4. The van der Waals surface area contributed by atoms with E-state index < -0.39 is 12.7 Å². The van der Waals surface area contributed by atoms with E-state index in [9.17, 15) is 8.78 Å². The van der Waals surface area contributed by atoms with Gasteiger partial charge in [0, 0.05) is 12.8 Å². The van der Waals surface area contributed by atoms with Gasteiger partial charge < -0.3 is 14.9 Å². The van der Waals surface area contributed by atoms with E-state index in [1.54, 1.807) is 0 Å². The molecule has 0 saturated carbocycles. The van der Waals surface area contributed by atoms with Crippen LogP contribution in [0.4, 0.5) is 8.78 Å². The van der Waals surface area contributed by atoms with Crippen LogP contribution in [0.5, 0.6) is 0 Å². The smallest absolute Gasteiger partial charge is 0.201 e. The van der Waals surface area contributed by atoms with Gasteiger partial charge in [-0.25, -0.2) is 8.78 Å². The fourth-order valence-corrected chi connectivity index (χ4v) is 0.750. The minimum Gasteiger partial charge on any atom is -0.394 e. The highest BCUT2D eigenvalue weighted by Crippen LogP contribution is 2.11. The normalized spacial score (nSPS) is 14.0. The van der Waals surface area contributed by atoms with Crippen molar-refractivity contribution in [1.82, 2.24) is 0 Å². The molecule has 0 bridgehead atoms. The van der Waals surface area contributed by atoms with E-state index in [0.717, 1.165) is 0 Å². The third kappa shape index (κ3) is 16.4. The lowest BCUT2D eigenvalue weighted by atomic mass is 10.3. The van der Waals surface area contributed by atoms with Crippen molar-refractivity contribution in [2.45, 2.75) is 52.2 Å². The number of ether oxygens (including phenoxy) is 1. The van der Waals surface area contributed by atoms with Crippen molar-refractivity contribution in [1.29, 1.82) is 0 Å². The zero-order valence-corrected chi connectivity index (χ0v) is 9.46. The van der Waals surface area contributed by atoms with Crippen molar-refractivity contribution in [2.24, 2.45) is 0 Å². The molecule has 15 heavy (non-hydrogen) atoms. The Balaban J connectivity index is 0. The van der Waals surface area contributed by atoms with E-state index in [0.29, 0.717) is 12.8 Å². The van der Waals surface area contributed by atoms with Crippen LogP contribution >= 0.6 is 0 Å². The average Bonchev–Trinajstić information content (AvgIpc) is 2.18. The predicted octanol–water partition coefficient (Wildman–Crippen LogP) is 2.17. The fourth-order valence-electron chi connectivity index (χ4n) is 0.750. The van der Waals surface area contributed by atoms with Crippen LogP contribution in [-0.2, 0) is 4.74 Å². The molecule has 0 heterocycles. The molecule has 0 radical (unpaired) electrons. The molecule has 2 atom stereocenters. The maximum atomic E-state index is 12.5. The minimum atomic E-state index is -1.43. The fraction of sp³-hybridized carbons (Fsp3) is 1.00. The maximum Gasteiger partial charge on any atom is 0.201 e. The van der Waals surface area contributed by atoms with Crippen molar-refractivity contribution in [3.05, 3.63) is 0 Å². The van der Waals surface area contributed by atoms with Crippen molar-refractivity contribution in [3.8, 4) is 0 Å². The molecule has 0 fully saturated rings. The first kappa shape index (κ1) is 17.1. The zero-order valence-electron chi connectivity index (χ0n) is 9.46. The molecule has 0 saturated heterocycles. The van der Waals surface area contributed by atoms with Gasteiger partial charge in [0.25, 0.3) is 0 Å². The van der Waals surface area contributed by atoms with Crippen molar-refractivity contribution < 1.29 is 23.7 Å². The molecule has 0 aromatic carbocycles. The Morgan fingerprint density at radius 3 is 1.47 bits per heavy atom. The SMILES string of the molecule is CCCC(F)OC(F)CCC.OCCO. The molecular weight excluding hydrogens is 206 g/mol. The Hall–Kier alpha value is -0.260. The number of aliphatic hydroxyl groups is 2. The van der Waals surface area contributed by atoms with E-state index in [1.807, 2.05) is 13.8 Å². The van der Waals surface area contributed by atoms with Crippen molar-refractivity contribution in [3.63, 3.8) is 0 Å². The Labute approximate surface area is 90.1 Å². The Bertz CT molecular complexity index is 103. The van der Waals surface area contributed by atoms with Gasteiger partial charge in [0.15, 0.2) is 0 Å². The number of rotatable bonds is 7. The van der Waals surface area contributed by atoms with Crippen LogP contribution in [0, 0.1) is 0 Å². The third-order valence-corrected chi connectivity index (χ3v) is 1.43. The highest BCUT2D eigenvalue weighted by Gasteiger charge is 2.12. The molecule has 0 aliphatic carbocycles. The molecule has 0 aliphatic heterocycles. The number of alkyl halides is 2. The van der Waals surface area contributed by atoms with Gasteiger partial charge in [0.2, 0.25) is 12.7 Å². The number of halogens is 2. The molecule has 3 nitrogen and oxygen atoms in total. The van der Waals surface area contributed by atoms with Gasteiger partial charge in [-0.15, -0.1) is 0 Å². The predicted molar refractivity (Wildman–Crippen MR) is 54.9 cm³/mol. The average molecular weight is 228 g/mol. The van der Waals surface area contributed by atoms with Crippen LogP contribution < -0.4 is 0 Å². The number of hydrogen-bond donors (Lipinski definition) is 2.